The van der Waals surface area contributed by atoms with Crippen LogP contribution in [0.25, 0.3) is 0 Å². The van der Waals surface area contributed by atoms with Crippen molar-refractivity contribution in [3.63, 3.8) is 0 Å². The summed E-state index contributed by atoms with van der Waals surface area (Å²) in [5.74, 6) is -3.01. The minimum Gasteiger partial charge on any atom is -0.457 e. The zero-order valence-electron chi connectivity index (χ0n) is 13.6. The van der Waals surface area contributed by atoms with E-state index in [4.69, 9.17) is 14.9 Å². The smallest absolute Gasteiger partial charge is 0.427 e. The number of esters is 2. The van der Waals surface area contributed by atoms with E-state index in [1.165, 1.54) is 0 Å². The van der Waals surface area contributed by atoms with Crippen molar-refractivity contribution in [1.82, 2.24) is 0 Å². The van der Waals surface area contributed by atoms with E-state index in [0.29, 0.717) is 19.3 Å². The maximum Gasteiger partial charge on any atom is 0.427 e. The third-order valence-electron chi connectivity index (χ3n) is 3.06. The standard InChI is InChI=1S/C14H23F3O6/c1-9(18)6-5-7-12(2,3)23-10(19)8-22-11(20)13(4,21)14(15,16)17/h9,18,21H,5-8H2,1-4H3. The lowest BCUT2D eigenvalue weighted by molar-refractivity contribution is -0.257. The number of carbonyl (C=O) groups excluding carboxylic acids is 2. The molecule has 0 aliphatic rings. The zero-order valence-corrected chi connectivity index (χ0v) is 13.6. The van der Waals surface area contributed by atoms with Crippen molar-refractivity contribution in [1.29, 1.82) is 0 Å². The lowest BCUT2D eigenvalue weighted by atomic mass is 10.00. The van der Waals surface area contributed by atoms with Gasteiger partial charge in [0.2, 0.25) is 0 Å². The number of hydrogen-bond acceptors (Lipinski definition) is 6. The third kappa shape index (κ3) is 7.65. The monoisotopic (exact) mass is 344 g/mol. The van der Waals surface area contributed by atoms with E-state index in [2.05, 4.69) is 4.74 Å². The Balaban J connectivity index is 4.38. The molecule has 0 radical (unpaired) electrons. The molecule has 2 unspecified atom stereocenters. The molecule has 0 aromatic heterocycles. The van der Waals surface area contributed by atoms with Gasteiger partial charge in [0, 0.05) is 0 Å². The van der Waals surface area contributed by atoms with Crippen LogP contribution >= 0.6 is 0 Å². The van der Waals surface area contributed by atoms with Crippen molar-refractivity contribution in [3.05, 3.63) is 0 Å². The molecular weight excluding hydrogens is 321 g/mol. The summed E-state index contributed by atoms with van der Waals surface area (Å²) in [5, 5.41) is 18.2. The average Bonchev–Trinajstić information content (AvgIpc) is 2.32. The number of carbonyl (C=O) groups is 2. The van der Waals surface area contributed by atoms with E-state index < -0.39 is 42.0 Å². The molecule has 2 N–H and O–H groups in total. The highest BCUT2D eigenvalue weighted by molar-refractivity contribution is 5.82. The largest absolute Gasteiger partial charge is 0.457 e. The third-order valence-corrected chi connectivity index (χ3v) is 3.06. The first-order valence-electron chi connectivity index (χ1n) is 7.05. The first kappa shape index (κ1) is 21.6. The van der Waals surface area contributed by atoms with Crippen molar-refractivity contribution in [2.45, 2.75) is 70.4 Å². The van der Waals surface area contributed by atoms with Crippen LogP contribution in [0.5, 0.6) is 0 Å². The summed E-state index contributed by atoms with van der Waals surface area (Å²) in [6, 6.07) is 0. The Kier molecular flexibility index (Phi) is 7.49. The van der Waals surface area contributed by atoms with Crippen LogP contribution in [-0.2, 0) is 19.1 Å². The number of ether oxygens (including phenoxy) is 2. The lowest BCUT2D eigenvalue weighted by Gasteiger charge is -2.26. The Hall–Kier alpha value is -1.35. The maximum atomic E-state index is 12.4. The Morgan fingerprint density at radius 1 is 1.17 bits per heavy atom. The summed E-state index contributed by atoms with van der Waals surface area (Å²) in [7, 11) is 0. The van der Waals surface area contributed by atoms with Gasteiger partial charge in [-0.2, -0.15) is 13.2 Å². The minimum atomic E-state index is -5.21. The molecule has 23 heavy (non-hydrogen) atoms. The molecule has 136 valence electrons. The number of aliphatic hydroxyl groups is 2. The van der Waals surface area contributed by atoms with Gasteiger partial charge < -0.3 is 19.7 Å². The molecular formula is C14H23F3O6. The topological polar surface area (TPSA) is 93.1 Å². The van der Waals surface area contributed by atoms with Gasteiger partial charge in [0.15, 0.2) is 6.61 Å². The Morgan fingerprint density at radius 2 is 1.70 bits per heavy atom. The highest BCUT2D eigenvalue weighted by Crippen LogP contribution is 2.31. The van der Waals surface area contributed by atoms with Gasteiger partial charge >= 0.3 is 18.1 Å². The van der Waals surface area contributed by atoms with Crippen LogP contribution in [0.3, 0.4) is 0 Å². The molecule has 0 aliphatic heterocycles. The van der Waals surface area contributed by atoms with Crippen LogP contribution in [0, 0.1) is 0 Å². The molecule has 0 spiro atoms. The van der Waals surface area contributed by atoms with Gasteiger partial charge in [0.25, 0.3) is 5.60 Å². The molecule has 0 bridgehead atoms. The predicted molar refractivity (Wildman–Crippen MR) is 73.3 cm³/mol. The van der Waals surface area contributed by atoms with Gasteiger partial charge in [-0.25, -0.2) is 9.59 Å². The molecule has 0 aromatic carbocycles. The second-order valence-corrected chi connectivity index (χ2v) is 6.12. The molecule has 6 nitrogen and oxygen atoms in total. The second-order valence-electron chi connectivity index (χ2n) is 6.12. The van der Waals surface area contributed by atoms with Crippen LogP contribution < -0.4 is 0 Å². The molecule has 9 heteroatoms. The van der Waals surface area contributed by atoms with E-state index in [9.17, 15) is 22.8 Å². The summed E-state index contributed by atoms with van der Waals surface area (Å²) < 4.78 is 46.4. The van der Waals surface area contributed by atoms with E-state index in [1.807, 2.05) is 0 Å². The Morgan fingerprint density at radius 3 is 2.13 bits per heavy atom. The van der Waals surface area contributed by atoms with Gasteiger partial charge in [-0.15, -0.1) is 0 Å². The van der Waals surface area contributed by atoms with Crippen LogP contribution in [0.2, 0.25) is 0 Å². The van der Waals surface area contributed by atoms with Crippen LogP contribution in [-0.4, -0.2) is 52.2 Å². The number of halogens is 3. The van der Waals surface area contributed by atoms with E-state index in [0.717, 1.165) is 0 Å². The van der Waals surface area contributed by atoms with Crippen molar-refractivity contribution in [2.24, 2.45) is 0 Å². The lowest BCUT2D eigenvalue weighted by Crippen LogP contribution is -2.50. The van der Waals surface area contributed by atoms with Crippen molar-refractivity contribution in [2.75, 3.05) is 6.61 Å². The first-order chi connectivity index (χ1) is 10.2. The van der Waals surface area contributed by atoms with Gasteiger partial charge in [-0.1, -0.05) is 0 Å². The summed E-state index contributed by atoms with van der Waals surface area (Å²) >= 11 is 0. The predicted octanol–water partition coefficient (Wildman–Crippen LogP) is 1.72. The van der Waals surface area contributed by atoms with E-state index >= 15 is 0 Å². The highest BCUT2D eigenvalue weighted by Gasteiger charge is 2.57. The fraction of sp³-hybridized carbons (Fsp3) is 0.857. The number of alkyl halides is 3. The normalized spacial score (nSPS) is 16.4. The fourth-order valence-corrected chi connectivity index (χ4v) is 1.59. The van der Waals surface area contributed by atoms with Crippen LogP contribution in [0.4, 0.5) is 13.2 Å². The average molecular weight is 344 g/mol. The summed E-state index contributed by atoms with van der Waals surface area (Å²) in [6.07, 6.45) is -4.22. The fourth-order valence-electron chi connectivity index (χ4n) is 1.59. The van der Waals surface area contributed by atoms with Crippen LogP contribution in [0.1, 0.15) is 47.0 Å². The van der Waals surface area contributed by atoms with Crippen molar-refractivity contribution >= 4 is 11.9 Å². The molecule has 0 fully saturated rings. The molecule has 0 saturated carbocycles. The SMILES string of the molecule is CC(O)CCCC(C)(C)OC(=O)COC(=O)C(C)(O)C(F)(F)F. The van der Waals surface area contributed by atoms with Gasteiger partial charge in [-0.3, -0.25) is 0 Å². The zero-order chi connectivity index (χ0) is 18.5. The molecule has 0 saturated heterocycles. The van der Waals surface area contributed by atoms with Gasteiger partial charge in [-0.05, 0) is 47.0 Å². The molecule has 0 amide bonds. The van der Waals surface area contributed by atoms with Gasteiger partial charge in [0.05, 0.1) is 6.10 Å². The minimum absolute atomic E-state index is 0.237. The number of rotatable bonds is 8. The van der Waals surface area contributed by atoms with E-state index in [1.54, 1.807) is 20.8 Å². The molecule has 2 atom stereocenters. The van der Waals surface area contributed by atoms with Crippen LogP contribution in [0.15, 0.2) is 0 Å². The molecule has 0 aromatic rings. The van der Waals surface area contributed by atoms with Crippen molar-refractivity contribution in [3.8, 4) is 0 Å². The second kappa shape index (κ2) is 7.96. The summed E-state index contributed by atoms with van der Waals surface area (Å²) in [6.45, 7) is 3.98. The Bertz CT molecular complexity index is 415. The van der Waals surface area contributed by atoms with E-state index in [-0.39, 0.29) is 6.92 Å². The molecule has 0 rings (SSSR count). The highest BCUT2D eigenvalue weighted by atomic mass is 19.4. The molecule has 0 aliphatic carbocycles. The number of aliphatic hydroxyl groups excluding tert-OH is 1. The Labute approximate surface area is 132 Å². The quantitative estimate of drug-likeness (QED) is 0.651. The maximum absolute atomic E-state index is 12.4. The summed E-state index contributed by atoms with van der Waals surface area (Å²) in [4.78, 5) is 22.7. The number of hydrogen-bond donors (Lipinski definition) is 2. The first-order valence-corrected chi connectivity index (χ1v) is 7.05. The van der Waals surface area contributed by atoms with Gasteiger partial charge in [0.1, 0.15) is 5.60 Å². The van der Waals surface area contributed by atoms with Crippen molar-refractivity contribution < 1.29 is 42.4 Å². The molecule has 0 heterocycles. The summed E-state index contributed by atoms with van der Waals surface area (Å²) in [5.41, 5.74) is -4.62.